The van der Waals surface area contributed by atoms with Crippen LogP contribution in [0, 0.1) is 5.41 Å². The summed E-state index contributed by atoms with van der Waals surface area (Å²) in [5.41, 5.74) is -1.11. The maximum absolute atomic E-state index is 9.44. The molecule has 0 radical (unpaired) electrons. The number of carbonyl (C=O) groups excluding carboxylic acids is 1. The van der Waals surface area contributed by atoms with Gasteiger partial charge >= 0.3 is 0 Å². The Morgan fingerprint density at radius 1 is 1.11 bits per heavy atom. The van der Waals surface area contributed by atoms with E-state index in [1.165, 1.54) is 0 Å². The maximum atomic E-state index is 9.44. The Kier molecular flexibility index (Phi) is 15.1. The van der Waals surface area contributed by atoms with Crippen LogP contribution in [0.15, 0.2) is 0 Å². The molecular weight excluding hydrogens is 256 g/mol. The number of hydrogen-bond acceptors (Lipinski definition) is 7. The highest BCUT2D eigenvalue weighted by molar-refractivity contribution is 5.58. The van der Waals surface area contributed by atoms with E-state index in [1.54, 1.807) is 0 Å². The van der Waals surface area contributed by atoms with Gasteiger partial charge in [0.1, 0.15) is 6.10 Å². The Morgan fingerprint density at radius 3 is 1.47 bits per heavy atom. The predicted molar refractivity (Wildman–Crippen MR) is 68.7 cm³/mol. The van der Waals surface area contributed by atoms with Gasteiger partial charge in [-0.05, 0) is 13.8 Å². The second kappa shape index (κ2) is 13.9. The number of ether oxygens (including phenoxy) is 2. The van der Waals surface area contributed by atoms with Gasteiger partial charge in [-0.25, -0.2) is 0 Å². The number of aliphatic hydroxyl groups excluding tert-OH is 4. The summed E-state index contributed by atoms with van der Waals surface area (Å²) in [6.07, 6.45) is 0.759. The third kappa shape index (κ3) is 12.2. The second-order valence-corrected chi connectivity index (χ2v) is 3.92. The van der Waals surface area contributed by atoms with Gasteiger partial charge in [-0.15, -0.1) is 0 Å². The highest BCUT2D eigenvalue weighted by Crippen LogP contribution is 2.11. The molecule has 0 bridgehead atoms. The van der Waals surface area contributed by atoms with Crippen LogP contribution in [0.2, 0.25) is 0 Å². The van der Waals surface area contributed by atoms with E-state index in [0.29, 0.717) is 6.61 Å². The SMILES string of the molecule is CCOCC.O=CC1CO1.OCC(CO)(CO)CO. The number of epoxide rings is 1. The molecule has 1 heterocycles. The Bertz CT molecular complexity index is 171. The molecule has 0 aliphatic carbocycles. The minimum Gasteiger partial charge on any atom is -0.396 e. The summed E-state index contributed by atoms with van der Waals surface area (Å²) < 4.78 is 9.32. The van der Waals surface area contributed by atoms with Gasteiger partial charge in [0.2, 0.25) is 0 Å². The van der Waals surface area contributed by atoms with Crippen LogP contribution in [-0.4, -0.2) is 79.1 Å². The van der Waals surface area contributed by atoms with Crippen molar-refractivity contribution in [2.45, 2.75) is 20.0 Å². The summed E-state index contributed by atoms with van der Waals surface area (Å²) in [7, 11) is 0. The normalized spacial score (nSPS) is 16.6. The Hall–Kier alpha value is -0.570. The zero-order chi connectivity index (χ0) is 15.1. The van der Waals surface area contributed by atoms with E-state index in [9.17, 15) is 4.79 Å². The van der Waals surface area contributed by atoms with Crippen LogP contribution < -0.4 is 0 Å². The third-order valence-corrected chi connectivity index (χ3v) is 2.26. The van der Waals surface area contributed by atoms with Crippen LogP contribution in [0.4, 0.5) is 0 Å². The van der Waals surface area contributed by atoms with Crippen molar-refractivity contribution in [3.8, 4) is 0 Å². The predicted octanol–water partition coefficient (Wildman–Crippen LogP) is -1.43. The van der Waals surface area contributed by atoms with Gasteiger partial charge in [0, 0.05) is 13.2 Å². The first-order valence-corrected chi connectivity index (χ1v) is 6.17. The standard InChI is InChI=1S/C5H12O4.C4H10O.C3H4O2/c6-1-5(2-7,3-8)4-9;1-3-5-4-2;4-1-3-2-5-3/h6-9H,1-4H2;3-4H2,1-2H3;1,3H,2H2. The number of aldehydes is 1. The summed E-state index contributed by atoms with van der Waals surface area (Å²) in [5, 5.41) is 34.0. The van der Waals surface area contributed by atoms with Crippen molar-refractivity contribution in [3.05, 3.63) is 0 Å². The van der Waals surface area contributed by atoms with Gasteiger partial charge in [0.25, 0.3) is 0 Å². The highest BCUT2D eigenvalue weighted by atomic mass is 16.6. The molecule has 19 heavy (non-hydrogen) atoms. The molecule has 0 aromatic rings. The zero-order valence-electron chi connectivity index (χ0n) is 11.6. The molecule has 0 saturated carbocycles. The van der Waals surface area contributed by atoms with Crippen LogP contribution in [0.1, 0.15) is 13.8 Å². The molecule has 1 aliphatic rings. The van der Waals surface area contributed by atoms with Crippen molar-refractivity contribution >= 4 is 6.29 Å². The van der Waals surface area contributed by atoms with Crippen LogP contribution in [0.25, 0.3) is 0 Å². The summed E-state index contributed by atoms with van der Waals surface area (Å²) in [4.78, 5) is 9.44. The molecule has 0 aromatic carbocycles. The van der Waals surface area contributed by atoms with Gasteiger partial charge in [0.05, 0.1) is 38.4 Å². The van der Waals surface area contributed by atoms with E-state index in [-0.39, 0.29) is 6.10 Å². The van der Waals surface area contributed by atoms with Gasteiger partial charge in [-0.2, -0.15) is 0 Å². The molecule has 1 rings (SSSR count). The average Bonchev–Trinajstić information content (AvgIpc) is 3.28. The Morgan fingerprint density at radius 2 is 1.47 bits per heavy atom. The molecule has 1 fully saturated rings. The first-order chi connectivity index (χ1) is 9.09. The van der Waals surface area contributed by atoms with Crippen LogP contribution >= 0.6 is 0 Å². The lowest BCUT2D eigenvalue weighted by atomic mass is 9.93. The van der Waals surface area contributed by atoms with E-state index in [1.807, 2.05) is 13.8 Å². The largest absolute Gasteiger partial charge is 0.396 e. The van der Waals surface area contributed by atoms with Crippen molar-refractivity contribution in [2.24, 2.45) is 5.41 Å². The van der Waals surface area contributed by atoms with Gasteiger partial charge < -0.3 is 34.7 Å². The number of carbonyl (C=O) groups is 1. The zero-order valence-corrected chi connectivity index (χ0v) is 11.6. The van der Waals surface area contributed by atoms with Crippen molar-refractivity contribution in [2.75, 3.05) is 46.2 Å². The smallest absolute Gasteiger partial charge is 0.151 e. The summed E-state index contributed by atoms with van der Waals surface area (Å²) >= 11 is 0. The lowest BCUT2D eigenvalue weighted by Gasteiger charge is -2.23. The maximum Gasteiger partial charge on any atom is 0.151 e. The molecular formula is C12H26O7. The minimum atomic E-state index is -1.11. The van der Waals surface area contributed by atoms with E-state index >= 15 is 0 Å². The first kappa shape index (κ1) is 20.7. The molecule has 0 aromatic heterocycles. The van der Waals surface area contributed by atoms with Gasteiger partial charge in [-0.3, -0.25) is 0 Å². The van der Waals surface area contributed by atoms with Crippen molar-refractivity contribution in [1.29, 1.82) is 0 Å². The lowest BCUT2D eigenvalue weighted by Crippen LogP contribution is -2.37. The van der Waals surface area contributed by atoms with Crippen LogP contribution in [-0.2, 0) is 14.3 Å². The summed E-state index contributed by atoms with van der Waals surface area (Å²) in [5.74, 6) is 0. The summed E-state index contributed by atoms with van der Waals surface area (Å²) in [6.45, 7) is 4.68. The van der Waals surface area contributed by atoms with Crippen LogP contribution in [0.5, 0.6) is 0 Å². The average molecular weight is 282 g/mol. The fraction of sp³-hybridized carbons (Fsp3) is 0.917. The first-order valence-electron chi connectivity index (χ1n) is 6.17. The van der Waals surface area contributed by atoms with E-state index in [2.05, 4.69) is 4.74 Å². The van der Waals surface area contributed by atoms with Crippen LogP contribution in [0.3, 0.4) is 0 Å². The Balaban J connectivity index is 0. The highest BCUT2D eigenvalue weighted by Gasteiger charge is 2.26. The third-order valence-electron chi connectivity index (χ3n) is 2.26. The van der Waals surface area contributed by atoms with Gasteiger partial charge in [0.15, 0.2) is 6.29 Å². The molecule has 7 nitrogen and oxygen atoms in total. The van der Waals surface area contributed by atoms with E-state index < -0.39 is 31.8 Å². The topological polar surface area (TPSA) is 120 Å². The minimum absolute atomic E-state index is 0.0463. The molecule has 1 aliphatic heterocycles. The molecule has 4 N–H and O–H groups in total. The molecule has 1 saturated heterocycles. The molecule has 0 spiro atoms. The number of aliphatic hydroxyl groups is 4. The fourth-order valence-electron chi connectivity index (χ4n) is 0.638. The lowest BCUT2D eigenvalue weighted by molar-refractivity contribution is -0.108. The fourth-order valence-corrected chi connectivity index (χ4v) is 0.638. The quantitative estimate of drug-likeness (QED) is 0.334. The molecule has 1 atom stereocenters. The van der Waals surface area contributed by atoms with Crippen molar-refractivity contribution in [1.82, 2.24) is 0 Å². The molecule has 7 heteroatoms. The van der Waals surface area contributed by atoms with Gasteiger partial charge in [-0.1, -0.05) is 0 Å². The number of rotatable bonds is 7. The second-order valence-electron chi connectivity index (χ2n) is 3.92. The molecule has 1 unspecified atom stereocenters. The van der Waals surface area contributed by atoms with E-state index in [0.717, 1.165) is 19.5 Å². The Labute approximate surface area is 113 Å². The number of hydrogen-bond donors (Lipinski definition) is 4. The van der Waals surface area contributed by atoms with E-state index in [4.69, 9.17) is 25.2 Å². The van der Waals surface area contributed by atoms with Crippen molar-refractivity contribution < 1.29 is 34.7 Å². The summed E-state index contributed by atoms with van der Waals surface area (Å²) in [6, 6.07) is 0. The molecule has 116 valence electrons. The van der Waals surface area contributed by atoms with Crippen molar-refractivity contribution in [3.63, 3.8) is 0 Å². The molecule has 0 amide bonds. The monoisotopic (exact) mass is 282 g/mol.